The zero-order valence-corrected chi connectivity index (χ0v) is 11.2. The van der Waals surface area contributed by atoms with Crippen molar-refractivity contribution in [2.45, 2.75) is 46.1 Å². The van der Waals surface area contributed by atoms with Crippen molar-refractivity contribution in [3.63, 3.8) is 0 Å². The van der Waals surface area contributed by atoms with Crippen LogP contribution in [-0.2, 0) is 4.79 Å². The van der Waals surface area contributed by atoms with E-state index in [1.54, 1.807) is 0 Å². The molecule has 0 bridgehead atoms. The van der Waals surface area contributed by atoms with Crippen molar-refractivity contribution in [2.75, 3.05) is 11.4 Å². The summed E-state index contributed by atoms with van der Waals surface area (Å²) in [4.78, 5) is 14.0. The molecule has 2 rings (SSSR count). The number of ketones is 1. The van der Waals surface area contributed by atoms with Gasteiger partial charge in [-0.25, -0.2) is 0 Å². The van der Waals surface area contributed by atoms with Crippen molar-refractivity contribution in [3.05, 3.63) is 29.3 Å². The first kappa shape index (κ1) is 12.2. The zero-order valence-electron chi connectivity index (χ0n) is 11.2. The highest BCUT2D eigenvalue weighted by Gasteiger charge is 2.34. The number of nitrogens with zero attached hydrogens (tertiary/aromatic N) is 1. The first-order valence-electron chi connectivity index (χ1n) is 6.27. The van der Waals surface area contributed by atoms with Crippen molar-refractivity contribution < 1.29 is 4.79 Å². The van der Waals surface area contributed by atoms with Crippen LogP contribution in [0.4, 0.5) is 5.69 Å². The molecule has 1 aliphatic heterocycles. The van der Waals surface area contributed by atoms with E-state index in [0.717, 1.165) is 6.54 Å². The summed E-state index contributed by atoms with van der Waals surface area (Å²) in [6.07, 6.45) is 1.33. The molecule has 0 aliphatic carbocycles. The average molecular weight is 231 g/mol. The van der Waals surface area contributed by atoms with Gasteiger partial charge >= 0.3 is 0 Å². The normalized spacial score (nSPS) is 19.5. The van der Waals surface area contributed by atoms with E-state index >= 15 is 0 Å². The van der Waals surface area contributed by atoms with Gasteiger partial charge in [0.1, 0.15) is 5.78 Å². The number of rotatable bonds is 1. The molecule has 0 unspecified atom stereocenters. The van der Waals surface area contributed by atoms with E-state index in [1.807, 2.05) is 0 Å². The summed E-state index contributed by atoms with van der Waals surface area (Å²) in [7, 11) is 0. The van der Waals surface area contributed by atoms with Gasteiger partial charge in [-0.1, -0.05) is 18.2 Å². The second-order valence-electron chi connectivity index (χ2n) is 5.67. The highest BCUT2D eigenvalue weighted by atomic mass is 16.1. The third-order valence-corrected chi connectivity index (χ3v) is 3.68. The van der Waals surface area contributed by atoms with Gasteiger partial charge in [-0.3, -0.25) is 4.79 Å². The standard InChI is InChI=1S/C15H21NO/c1-11-6-5-7-12(2)14(11)16-9-8-13(17)10-15(16,3)4/h5-7H,8-10H2,1-4H3. The lowest BCUT2D eigenvalue weighted by Crippen LogP contribution is -2.51. The molecule has 17 heavy (non-hydrogen) atoms. The number of Topliss-reactive ketones (excluding diaryl/α,β-unsaturated/α-hetero) is 1. The second-order valence-corrected chi connectivity index (χ2v) is 5.67. The molecule has 0 N–H and O–H groups in total. The van der Waals surface area contributed by atoms with Crippen molar-refractivity contribution in [2.24, 2.45) is 0 Å². The smallest absolute Gasteiger partial charge is 0.136 e. The number of piperidine rings is 1. The van der Waals surface area contributed by atoms with E-state index < -0.39 is 0 Å². The van der Waals surface area contributed by atoms with Crippen LogP contribution in [0, 0.1) is 13.8 Å². The quantitative estimate of drug-likeness (QED) is 0.739. The minimum absolute atomic E-state index is 0.0633. The van der Waals surface area contributed by atoms with Crippen LogP contribution in [-0.4, -0.2) is 17.9 Å². The molecule has 0 saturated carbocycles. The van der Waals surface area contributed by atoms with Gasteiger partial charge in [-0.05, 0) is 38.8 Å². The van der Waals surface area contributed by atoms with E-state index in [9.17, 15) is 4.79 Å². The van der Waals surface area contributed by atoms with Gasteiger partial charge in [0.25, 0.3) is 0 Å². The Morgan fingerprint density at radius 1 is 1.18 bits per heavy atom. The molecule has 92 valence electrons. The van der Waals surface area contributed by atoms with Gasteiger partial charge in [0, 0.05) is 30.6 Å². The third kappa shape index (κ3) is 2.21. The van der Waals surface area contributed by atoms with Crippen molar-refractivity contribution in [1.82, 2.24) is 0 Å². The van der Waals surface area contributed by atoms with Crippen LogP contribution < -0.4 is 4.90 Å². The number of hydrogen-bond donors (Lipinski definition) is 0. The maximum Gasteiger partial charge on any atom is 0.136 e. The average Bonchev–Trinajstić information content (AvgIpc) is 2.19. The molecule has 2 heteroatoms. The fourth-order valence-electron chi connectivity index (χ4n) is 2.85. The Hall–Kier alpha value is -1.31. The van der Waals surface area contributed by atoms with Crippen molar-refractivity contribution >= 4 is 11.5 Å². The highest BCUT2D eigenvalue weighted by Crippen LogP contribution is 2.35. The molecular formula is C15H21NO. The van der Waals surface area contributed by atoms with Gasteiger partial charge in [0.15, 0.2) is 0 Å². The molecule has 1 fully saturated rings. The third-order valence-electron chi connectivity index (χ3n) is 3.68. The van der Waals surface area contributed by atoms with Crippen molar-refractivity contribution in [1.29, 1.82) is 0 Å². The minimum Gasteiger partial charge on any atom is -0.365 e. The van der Waals surface area contributed by atoms with Gasteiger partial charge in [-0.15, -0.1) is 0 Å². The summed E-state index contributed by atoms with van der Waals surface area (Å²) in [5.41, 5.74) is 3.84. The lowest BCUT2D eigenvalue weighted by atomic mass is 9.88. The fourth-order valence-corrected chi connectivity index (χ4v) is 2.85. The van der Waals surface area contributed by atoms with Crippen LogP contribution in [0.2, 0.25) is 0 Å². The number of para-hydroxylation sites is 1. The minimum atomic E-state index is -0.0633. The Kier molecular flexibility index (Phi) is 2.98. The first-order valence-corrected chi connectivity index (χ1v) is 6.27. The molecule has 0 radical (unpaired) electrons. The molecule has 1 aliphatic rings. The maximum absolute atomic E-state index is 11.6. The van der Waals surface area contributed by atoms with Crippen LogP contribution in [0.5, 0.6) is 0 Å². The first-order chi connectivity index (χ1) is 7.92. The summed E-state index contributed by atoms with van der Waals surface area (Å²) < 4.78 is 0. The molecule has 0 aromatic heterocycles. The lowest BCUT2D eigenvalue weighted by molar-refractivity contribution is -0.121. The predicted octanol–water partition coefficient (Wildman–Crippen LogP) is 3.25. The number of anilines is 1. The van der Waals surface area contributed by atoms with Crippen molar-refractivity contribution in [3.8, 4) is 0 Å². The van der Waals surface area contributed by atoms with Crippen LogP contribution in [0.15, 0.2) is 18.2 Å². The van der Waals surface area contributed by atoms with E-state index in [-0.39, 0.29) is 5.54 Å². The number of carbonyl (C=O) groups excluding carboxylic acids is 1. The molecular weight excluding hydrogens is 210 g/mol. The number of benzene rings is 1. The van der Waals surface area contributed by atoms with Crippen LogP contribution in [0.25, 0.3) is 0 Å². The van der Waals surface area contributed by atoms with Crippen LogP contribution >= 0.6 is 0 Å². The molecule has 2 nitrogen and oxygen atoms in total. The Morgan fingerprint density at radius 2 is 1.76 bits per heavy atom. The molecule has 1 aromatic rings. The summed E-state index contributed by atoms with van der Waals surface area (Å²) in [6, 6.07) is 6.39. The summed E-state index contributed by atoms with van der Waals surface area (Å²) in [5, 5.41) is 0. The maximum atomic E-state index is 11.6. The highest BCUT2D eigenvalue weighted by molar-refractivity contribution is 5.83. The Balaban J connectivity index is 2.43. The monoisotopic (exact) mass is 231 g/mol. The zero-order chi connectivity index (χ0) is 12.6. The summed E-state index contributed by atoms with van der Waals surface area (Å²) in [5.74, 6) is 0.387. The van der Waals surface area contributed by atoms with E-state index in [2.05, 4.69) is 50.8 Å². The van der Waals surface area contributed by atoms with Crippen LogP contribution in [0.3, 0.4) is 0 Å². The number of hydrogen-bond acceptors (Lipinski definition) is 2. The molecule has 1 aromatic carbocycles. The Bertz CT molecular complexity index is 428. The van der Waals surface area contributed by atoms with Gasteiger partial charge in [0.05, 0.1) is 0 Å². The Labute approximate surface area is 104 Å². The SMILES string of the molecule is Cc1cccc(C)c1N1CCC(=O)CC1(C)C. The van der Waals surface area contributed by atoms with Gasteiger partial charge in [-0.2, -0.15) is 0 Å². The Morgan fingerprint density at radius 3 is 2.29 bits per heavy atom. The number of aryl methyl sites for hydroxylation is 2. The molecule has 1 heterocycles. The summed E-state index contributed by atoms with van der Waals surface area (Å²) >= 11 is 0. The lowest BCUT2D eigenvalue weighted by Gasteiger charge is -2.44. The molecule has 1 saturated heterocycles. The second kappa shape index (κ2) is 4.17. The van der Waals surface area contributed by atoms with Gasteiger partial charge < -0.3 is 4.90 Å². The number of carbonyl (C=O) groups is 1. The molecule has 0 amide bonds. The largest absolute Gasteiger partial charge is 0.365 e. The van der Waals surface area contributed by atoms with E-state index in [0.29, 0.717) is 18.6 Å². The molecule has 0 spiro atoms. The topological polar surface area (TPSA) is 20.3 Å². The van der Waals surface area contributed by atoms with E-state index in [1.165, 1.54) is 16.8 Å². The van der Waals surface area contributed by atoms with Gasteiger partial charge in [0.2, 0.25) is 0 Å². The summed E-state index contributed by atoms with van der Waals surface area (Å²) in [6.45, 7) is 9.47. The van der Waals surface area contributed by atoms with E-state index in [4.69, 9.17) is 0 Å². The fraction of sp³-hybridized carbons (Fsp3) is 0.533. The van der Waals surface area contributed by atoms with Crippen LogP contribution in [0.1, 0.15) is 37.8 Å². The predicted molar refractivity (Wildman–Crippen MR) is 71.6 cm³/mol. The molecule has 0 atom stereocenters.